The summed E-state index contributed by atoms with van der Waals surface area (Å²) in [6, 6.07) is 4.00. The van der Waals surface area contributed by atoms with Crippen LogP contribution in [0.1, 0.15) is 0 Å². The van der Waals surface area contributed by atoms with E-state index in [1.54, 1.807) is 0 Å². The monoisotopic (exact) mass is 309 g/mol. The highest BCUT2D eigenvalue weighted by Gasteiger charge is 2.23. The van der Waals surface area contributed by atoms with Gasteiger partial charge in [-0.2, -0.15) is 0 Å². The number of rotatable bonds is 2. The Morgan fingerprint density at radius 1 is 1.43 bits per heavy atom. The second-order valence-electron chi connectivity index (χ2n) is 4.24. The number of hydrogen-bond donors (Lipinski definition) is 2. The summed E-state index contributed by atoms with van der Waals surface area (Å²) in [6.45, 7) is -0.173. The number of benzene rings is 1. The van der Waals surface area contributed by atoms with Gasteiger partial charge in [-0.15, -0.1) is 0 Å². The van der Waals surface area contributed by atoms with E-state index >= 15 is 0 Å². The first kappa shape index (κ1) is 13.4. The van der Waals surface area contributed by atoms with Crippen LogP contribution >= 0.6 is 11.6 Å². The van der Waals surface area contributed by atoms with Crippen LogP contribution in [0, 0.1) is 5.82 Å². The Labute approximate surface area is 123 Å². The molecule has 0 aliphatic carbocycles. The maximum Gasteiger partial charge on any atom is 0.263 e. The lowest BCUT2D eigenvalue weighted by molar-refractivity contribution is -0.118. The molecule has 1 aromatic heterocycles. The summed E-state index contributed by atoms with van der Waals surface area (Å²) < 4.78 is 24.3. The van der Waals surface area contributed by atoms with Gasteiger partial charge in [0, 0.05) is 11.8 Å². The molecule has 21 heavy (non-hydrogen) atoms. The molecule has 3 rings (SSSR count). The van der Waals surface area contributed by atoms with Gasteiger partial charge in [-0.25, -0.2) is 9.37 Å². The lowest BCUT2D eigenvalue weighted by atomic mass is 10.3. The summed E-state index contributed by atoms with van der Waals surface area (Å²) >= 11 is 6.12. The van der Waals surface area contributed by atoms with Crippen LogP contribution in [0.25, 0.3) is 0 Å². The number of ether oxygens (including phenoxy) is 2. The number of nitrogens with zero attached hydrogens (tertiary/aromatic N) is 1. The van der Waals surface area contributed by atoms with Gasteiger partial charge in [-0.3, -0.25) is 4.79 Å². The highest BCUT2D eigenvalue weighted by Crippen LogP contribution is 2.41. The zero-order valence-corrected chi connectivity index (χ0v) is 11.3. The molecule has 0 fully saturated rings. The second kappa shape index (κ2) is 5.10. The molecule has 2 aromatic rings. The molecule has 1 aromatic carbocycles. The molecule has 0 atom stereocenters. The number of fused-ring (bicyclic) bond motifs is 1. The Hall–Kier alpha value is -2.54. The lowest BCUT2D eigenvalue weighted by Gasteiger charge is -2.19. The average molecular weight is 310 g/mol. The van der Waals surface area contributed by atoms with Gasteiger partial charge < -0.3 is 20.5 Å². The van der Waals surface area contributed by atoms with E-state index in [0.29, 0.717) is 0 Å². The fourth-order valence-electron chi connectivity index (χ4n) is 1.77. The third-order valence-corrected chi connectivity index (χ3v) is 3.08. The van der Waals surface area contributed by atoms with Crippen LogP contribution in [0.4, 0.5) is 15.9 Å². The first-order chi connectivity index (χ1) is 10.0. The van der Waals surface area contributed by atoms with Crippen LogP contribution in [-0.4, -0.2) is 17.5 Å². The first-order valence-corrected chi connectivity index (χ1v) is 6.26. The molecule has 0 saturated carbocycles. The number of pyridine rings is 1. The maximum atomic E-state index is 13.7. The summed E-state index contributed by atoms with van der Waals surface area (Å²) in [4.78, 5) is 15.1. The van der Waals surface area contributed by atoms with Gasteiger partial charge in [0.15, 0.2) is 35.5 Å². The van der Waals surface area contributed by atoms with E-state index in [1.807, 2.05) is 0 Å². The molecule has 2 heterocycles. The standard InChI is InChI=1S/C13H9ClFN3O3/c14-11-9(21-8-2-1-6(16)3-7(8)15)4-17-13-12(11)20-5-10(19)18-13/h1-4H,5,16H2,(H,17,18,19). The summed E-state index contributed by atoms with van der Waals surface area (Å²) in [6.07, 6.45) is 1.27. The molecule has 6 nitrogen and oxygen atoms in total. The van der Waals surface area contributed by atoms with Crippen molar-refractivity contribution in [3.8, 4) is 17.2 Å². The quantitative estimate of drug-likeness (QED) is 0.833. The fourth-order valence-corrected chi connectivity index (χ4v) is 2.00. The highest BCUT2D eigenvalue weighted by molar-refractivity contribution is 6.34. The zero-order valence-electron chi connectivity index (χ0n) is 10.5. The number of carbonyl (C=O) groups is 1. The van der Waals surface area contributed by atoms with Crippen LogP contribution in [0.5, 0.6) is 17.2 Å². The van der Waals surface area contributed by atoms with Gasteiger partial charge in [-0.05, 0) is 12.1 Å². The Kier molecular flexibility index (Phi) is 3.26. The summed E-state index contributed by atoms with van der Waals surface area (Å²) in [5.74, 6) is -0.517. The molecule has 0 bridgehead atoms. The van der Waals surface area contributed by atoms with Crippen molar-refractivity contribution in [1.29, 1.82) is 0 Å². The molecule has 0 spiro atoms. The van der Waals surface area contributed by atoms with Crippen LogP contribution < -0.4 is 20.5 Å². The van der Waals surface area contributed by atoms with Crippen LogP contribution in [0.15, 0.2) is 24.4 Å². The number of hydrogen-bond acceptors (Lipinski definition) is 5. The minimum Gasteiger partial charge on any atom is -0.478 e. The van der Waals surface area contributed by atoms with Crippen molar-refractivity contribution in [1.82, 2.24) is 4.98 Å². The first-order valence-electron chi connectivity index (χ1n) is 5.88. The van der Waals surface area contributed by atoms with Crippen molar-refractivity contribution in [2.45, 2.75) is 0 Å². The molecular formula is C13H9ClFN3O3. The van der Waals surface area contributed by atoms with Crippen LogP contribution in [0.2, 0.25) is 5.02 Å². The van der Waals surface area contributed by atoms with Crippen molar-refractivity contribution in [3.05, 3.63) is 35.2 Å². The third-order valence-electron chi connectivity index (χ3n) is 2.72. The Morgan fingerprint density at radius 2 is 2.24 bits per heavy atom. The largest absolute Gasteiger partial charge is 0.478 e. The van der Waals surface area contributed by atoms with Gasteiger partial charge >= 0.3 is 0 Å². The Morgan fingerprint density at radius 3 is 3.00 bits per heavy atom. The minimum atomic E-state index is -0.627. The fraction of sp³-hybridized carbons (Fsp3) is 0.0769. The number of halogens is 2. The molecule has 3 N–H and O–H groups in total. The van der Waals surface area contributed by atoms with E-state index in [-0.39, 0.29) is 46.3 Å². The van der Waals surface area contributed by atoms with E-state index in [4.69, 9.17) is 26.8 Å². The number of carbonyl (C=O) groups excluding carboxylic acids is 1. The molecule has 1 aliphatic rings. The van der Waals surface area contributed by atoms with Crippen LogP contribution in [-0.2, 0) is 4.79 Å². The second-order valence-corrected chi connectivity index (χ2v) is 4.62. The molecule has 108 valence electrons. The highest BCUT2D eigenvalue weighted by atomic mass is 35.5. The number of anilines is 2. The number of nitrogens with one attached hydrogen (secondary N) is 1. The number of nitrogen functional groups attached to an aromatic ring is 1. The number of nitrogens with two attached hydrogens (primary N) is 1. The average Bonchev–Trinajstić information content (AvgIpc) is 2.44. The molecule has 0 saturated heterocycles. The van der Waals surface area contributed by atoms with E-state index < -0.39 is 5.82 Å². The van der Waals surface area contributed by atoms with Crippen molar-refractivity contribution in [2.75, 3.05) is 17.7 Å². The van der Waals surface area contributed by atoms with Gasteiger partial charge in [0.05, 0.1) is 6.20 Å². The zero-order chi connectivity index (χ0) is 15.0. The van der Waals surface area contributed by atoms with Crippen LogP contribution in [0.3, 0.4) is 0 Å². The van der Waals surface area contributed by atoms with Crippen molar-refractivity contribution in [2.24, 2.45) is 0 Å². The molecule has 1 aliphatic heterocycles. The summed E-state index contributed by atoms with van der Waals surface area (Å²) in [5.41, 5.74) is 5.74. The van der Waals surface area contributed by atoms with E-state index in [9.17, 15) is 9.18 Å². The third kappa shape index (κ3) is 2.55. The molecule has 1 amide bonds. The van der Waals surface area contributed by atoms with Gasteiger partial charge in [0.25, 0.3) is 5.91 Å². The maximum absolute atomic E-state index is 13.7. The number of aromatic nitrogens is 1. The number of amides is 1. The lowest BCUT2D eigenvalue weighted by Crippen LogP contribution is -2.26. The van der Waals surface area contributed by atoms with Crippen molar-refractivity contribution in [3.63, 3.8) is 0 Å². The molecule has 8 heteroatoms. The van der Waals surface area contributed by atoms with E-state index in [0.717, 1.165) is 6.07 Å². The van der Waals surface area contributed by atoms with E-state index in [1.165, 1.54) is 18.3 Å². The smallest absolute Gasteiger partial charge is 0.263 e. The molecule has 0 unspecified atom stereocenters. The normalized spacial score (nSPS) is 13.1. The Balaban J connectivity index is 1.95. The van der Waals surface area contributed by atoms with Gasteiger partial charge in [0.1, 0.15) is 5.02 Å². The minimum absolute atomic E-state index is 0.0484. The predicted molar refractivity (Wildman–Crippen MR) is 74.3 cm³/mol. The van der Waals surface area contributed by atoms with Gasteiger partial charge in [0.2, 0.25) is 0 Å². The molecule has 0 radical (unpaired) electrons. The van der Waals surface area contributed by atoms with E-state index in [2.05, 4.69) is 10.3 Å². The van der Waals surface area contributed by atoms with Crippen molar-refractivity contribution < 1.29 is 18.7 Å². The SMILES string of the molecule is Nc1ccc(Oc2cnc3c(c2Cl)OCC(=O)N3)c(F)c1. The predicted octanol–water partition coefficient (Wildman–Crippen LogP) is 2.58. The Bertz CT molecular complexity index is 739. The molecular weight excluding hydrogens is 301 g/mol. The summed E-state index contributed by atoms with van der Waals surface area (Å²) in [7, 11) is 0. The summed E-state index contributed by atoms with van der Waals surface area (Å²) in [5, 5.41) is 2.60. The topological polar surface area (TPSA) is 86.5 Å². The van der Waals surface area contributed by atoms with Gasteiger partial charge in [-0.1, -0.05) is 11.6 Å². The van der Waals surface area contributed by atoms with Crippen molar-refractivity contribution >= 4 is 29.0 Å².